The van der Waals surface area contributed by atoms with Crippen molar-refractivity contribution in [1.29, 1.82) is 0 Å². The van der Waals surface area contributed by atoms with E-state index in [0.717, 1.165) is 6.07 Å². The molecular weight excluding hydrogens is 302 g/mol. The Kier molecular flexibility index (Phi) is 3.79. The van der Waals surface area contributed by atoms with Crippen molar-refractivity contribution in [3.05, 3.63) is 70.6 Å². The molecule has 0 saturated carbocycles. The summed E-state index contributed by atoms with van der Waals surface area (Å²) in [5.74, 6) is -0.0365. The lowest BCUT2D eigenvalue weighted by Crippen LogP contribution is -2.08. The van der Waals surface area contributed by atoms with Crippen LogP contribution in [0.3, 0.4) is 0 Å². The van der Waals surface area contributed by atoms with Crippen LogP contribution < -0.4 is 4.74 Å². The van der Waals surface area contributed by atoms with Gasteiger partial charge >= 0.3 is 5.97 Å². The van der Waals surface area contributed by atoms with E-state index in [1.807, 2.05) is 0 Å². The van der Waals surface area contributed by atoms with Gasteiger partial charge in [0.1, 0.15) is 5.75 Å². The van der Waals surface area contributed by atoms with E-state index in [9.17, 15) is 14.9 Å². The first-order valence-electron chi connectivity index (χ1n) is 6.47. The second kappa shape index (κ2) is 6.06. The highest BCUT2D eigenvalue weighted by molar-refractivity contribution is 5.91. The first kappa shape index (κ1) is 14.4. The predicted molar refractivity (Wildman–Crippen MR) is 77.8 cm³/mol. The molecule has 0 saturated heterocycles. The monoisotopic (exact) mass is 311 g/mol. The van der Waals surface area contributed by atoms with E-state index in [1.54, 1.807) is 24.3 Å². The van der Waals surface area contributed by atoms with Crippen LogP contribution in [0.15, 0.2) is 59.3 Å². The molecule has 1 heterocycles. The van der Waals surface area contributed by atoms with Gasteiger partial charge in [0.05, 0.1) is 10.5 Å². The second-order valence-electron chi connectivity index (χ2n) is 4.47. The fourth-order valence-electron chi connectivity index (χ4n) is 1.88. The summed E-state index contributed by atoms with van der Waals surface area (Å²) < 4.78 is 10.2. The highest BCUT2D eigenvalue weighted by Crippen LogP contribution is 2.21. The highest BCUT2D eigenvalue weighted by Gasteiger charge is 2.13. The van der Waals surface area contributed by atoms with Crippen LogP contribution in [0.25, 0.3) is 11.5 Å². The minimum atomic E-state index is -0.681. The predicted octanol–water partition coefficient (Wildman–Crippen LogP) is 2.86. The molecule has 3 aromatic rings. The molecule has 0 amide bonds. The van der Waals surface area contributed by atoms with Gasteiger partial charge in [-0.3, -0.25) is 10.1 Å². The van der Waals surface area contributed by atoms with Crippen LogP contribution in [0, 0.1) is 10.1 Å². The lowest BCUT2D eigenvalue weighted by atomic mass is 10.2. The number of nitro groups is 1. The molecule has 8 nitrogen and oxygen atoms in total. The van der Waals surface area contributed by atoms with Crippen molar-refractivity contribution in [2.45, 2.75) is 0 Å². The van der Waals surface area contributed by atoms with E-state index in [-0.39, 0.29) is 11.3 Å². The molecule has 23 heavy (non-hydrogen) atoms. The topological polar surface area (TPSA) is 108 Å². The Hall–Kier alpha value is -3.55. The fraction of sp³-hybridized carbons (Fsp3) is 0. The van der Waals surface area contributed by atoms with E-state index in [1.165, 1.54) is 24.6 Å². The van der Waals surface area contributed by atoms with E-state index < -0.39 is 10.9 Å². The van der Waals surface area contributed by atoms with Crippen LogP contribution in [0.2, 0.25) is 0 Å². The van der Waals surface area contributed by atoms with Gasteiger partial charge in [-0.2, -0.15) is 0 Å². The maximum atomic E-state index is 12.0. The van der Waals surface area contributed by atoms with Crippen LogP contribution in [-0.2, 0) is 0 Å². The average molecular weight is 311 g/mol. The van der Waals surface area contributed by atoms with E-state index in [4.69, 9.17) is 9.15 Å². The summed E-state index contributed by atoms with van der Waals surface area (Å²) in [5.41, 5.74) is 0.601. The summed E-state index contributed by atoms with van der Waals surface area (Å²) in [6.45, 7) is 0. The lowest BCUT2D eigenvalue weighted by molar-refractivity contribution is -0.384. The molecule has 0 fully saturated rings. The van der Waals surface area contributed by atoms with Gasteiger partial charge in [0.25, 0.3) is 5.69 Å². The zero-order chi connectivity index (χ0) is 16.2. The van der Waals surface area contributed by atoms with Crippen LogP contribution >= 0.6 is 0 Å². The Morgan fingerprint density at radius 3 is 2.61 bits per heavy atom. The number of carbonyl (C=O) groups excluding carboxylic acids is 1. The van der Waals surface area contributed by atoms with Crippen molar-refractivity contribution in [2.24, 2.45) is 0 Å². The third kappa shape index (κ3) is 3.21. The van der Waals surface area contributed by atoms with Gasteiger partial charge in [-0.1, -0.05) is 6.07 Å². The van der Waals surface area contributed by atoms with Crippen molar-refractivity contribution < 1.29 is 18.9 Å². The number of ether oxygens (including phenoxy) is 1. The van der Waals surface area contributed by atoms with Crippen LogP contribution in [0.5, 0.6) is 5.75 Å². The standard InChI is InChI=1S/C15H9N3O5/c19-15(11-2-1-3-12(8-11)18(20)21)23-13-6-4-10(5-7-13)14-17-16-9-22-14/h1-9H. The summed E-state index contributed by atoms with van der Waals surface area (Å²) in [6.07, 6.45) is 1.21. The van der Waals surface area contributed by atoms with Crippen molar-refractivity contribution in [3.8, 4) is 17.2 Å². The largest absolute Gasteiger partial charge is 0.423 e. The Morgan fingerprint density at radius 2 is 1.96 bits per heavy atom. The summed E-state index contributed by atoms with van der Waals surface area (Å²) in [4.78, 5) is 22.2. The first-order chi connectivity index (χ1) is 11.1. The zero-order valence-electron chi connectivity index (χ0n) is 11.6. The molecule has 0 aliphatic rings. The van der Waals surface area contributed by atoms with Crippen molar-refractivity contribution >= 4 is 11.7 Å². The van der Waals surface area contributed by atoms with Gasteiger partial charge in [0.2, 0.25) is 12.3 Å². The van der Waals surface area contributed by atoms with E-state index in [2.05, 4.69) is 10.2 Å². The fourth-order valence-corrected chi connectivity index (χ4v) is 1.88. The lowest BCUT2D eigenvalue weighted by Gasteiger charge is -2.04. The van der Waals surface area contributed by atoms with Gasteiger partial charge in [-0.05, 0) is 30.3 Å². The van der Waals surface area contributed by atoms with Gasteiger partial charge in [-0.25, -0.2) is 4.79 Å². The molecule has 0 unspecified atom stereocenters. The molecule has 8 heteroatoms. The zero-order valence-corrected chi connectivity index (χ0v) is 11.6. The van der Waals surface area contributed by atoms with E-state index in [0.29, 0.717) is 17.2 Å². The summed E-state index contributed by atoms with van der Waals surface area (Å²) in [7, 11) is 0. The molecule has 3 rings (SSSR count). The highest BCUT2D eigenvalue weighted by atomic mass is 16.6. The smallest absolute Gasteiger partial charge is 0.343 e. The molecule has 1 aromatic heterocycles. The van der Waals surface area contributed by atoms with Gasteiger partial charge in [-0.15, -0.1) is 10.2 Å². The molecule has 0 N–H and O–H groups in total. The number of hydrogen-bond acceptors (Lipinski definition) is 7. The third-order valence-corrected chi connectivity index (χ3v) is 2.96. The maximum Gasteiger partial charge on any atom is 0.343 e. The summed E-state index contributed by atoms with van der Waals surface area (Å²) in [5, 5.41) is 18.1. The van der Waals surface area contributed by atoms with Gasteiger partial charge in [0.15, 0.2) is 0 Å². The average Bonchev–Trinajstić information content (AvgIpc) is 3.10. The van der Waals surface area contributed by atoms with Crippen molar-refractivity contribution in [2.75, 3.05) is 0 Å². The first-order valence-corrected chi connectivity index (χ1v) is 6.47. The number of carbonyl (C=O) groups is 1. The molecule has 0 aliphatic carbocycles. The number of benzene rings is 2. The Labute approximate surface area is 129 Å². The number of rotatable bonds is 4. The van der Waals surface area contributed by atoms with Gasteiger partial charge in [0, 0.05) is 17.7 Å². The van der Waals surface area contributed by atoms with Gasteiger partial charge < -0.3 is 9.15 Å². The Morgan fingerprint density at radius 1 is 1.17 bits per heavy atom. The number of nitro benzene ring substituents is 1. The van der Waals surface area contributed by atoms with Crippen LogP contribution in [0.1, 0.15) is 10.4 Å². The normalized spacial score (nSPS) is 10.3. The Balaban J connectivity index is 1.75. The van der Waals surface area contributed by atoms with Crippen molar-refractivity contribution in [1.82, 2.24) is 10.2 Å². The quantitative estimate of drug-likeness (QED) is 0.315. The minimum absolute atomic E-state index is 0.0974. The van der Waals surface area contributed by atoms with Crippen LogP contribution in [-0.4, -0.2) is 21.1 Å². The molecular formula is C15H9N3O5. The molecule has 2 aromatic carbocycles. The van der Waals surface area contributed by atoms with E-state index >= 15 is 0 Å². The minimum Gasteiger partial charge on any atom is -0.423 e. The Bertz CT molecular complexity index is 844. The molecule has 0 radical (unpaired) electrons. The third-order valence-electron chi connectivity index (χ3n) is 2.96. The second-order valence-corrected chi connectivity index (χ2v) is 4.47. The maximum absolute atomic E-state index is 12.0. The molecule has 114 valence electrons. The molecule has 0 aliphatic heterocycles. The SMILES string of the molecule is O=C(Oc1ccc(-c2nnco2)cc1)c1cccc([N+](=O)[O-])c1. The van der Waals surface area contributed by atoms with Crippen molar-refractivity contribution in [3.63, 3.8) is 0 Å². The number of esters is 1. The number of nitrogens with zero attached hydrogens (tertiary/aromatic N) is 3. The number of aromatic nitrogens is 2. The number of hydrogen-bond donors (Lipinski definition) is 0. The summed E-state index contributed by atoms with van der Waals surface area (Å²) in [6, 6.07) is 11.8. The number of non-ortho nitro benzene ring substituents is 1. The molecule has 0 bridgehead atoms. The van der Waals surface area contributed by atoms with Crippen LogP contribution in [0.4, 0.5) is 5.69 Å². The molecule has 0 spiro atoms. The summed E-state index contributed by atoms with van der Waals surface area (Å²) >= 11 is 0. The molecule has 0 atom stereocenters.